The molecule has 0 spiro atoms. The van der Waals surface area contributed by atoms with Gasteiger partial charge in [-0.1, -0.05) is 28.1 Å². The van der Waals surface area contributed by atoms with Crippen LogP contribution in [0.3, 0.4) is 0 Å². The second kappa shape index (κ2) is 7.42. The molecule has 4 nitrogen and oxygen atoms in total. The predicted octanol–water partition coefficient (Wildman–Crippen LogP) is 0.851. The van der Waals surface area contributed by atoms with Crippen LogP contribution in [0.2, 0.25) is 0 Å². The molecule has 94 valence electrons. The molecule has 1 rings (SSSR count). The molecule has 5 heteroatoms. The van der Waals surface area contributed by atoms with Gasteiger partial charge in [-0.2, -0.15) is 0 Å². The number of aliphatic hydroxyl groups excluding tert-OH is 2. The van der Waals surface area contributed by atoms with Gasteiger partial charge in [0.05, 0.1) is 12.7 Å². The number of aryl methyl sites for hydroxylation is 1. The van der Waals surface area contributed by atoms with Crippen LogP contribution in [-0.4, -0.2) is 35.4 Å². The van der Waals surface area contributed by atoms with E-state index in [1.54, 1.807) is 0 Å². The molecule has 3 N–H and O–H groups in total. The van der Waals surface area contributed by atoms with Crippen molar-refractivity contribution < 1.29 is 15.0 Å². The topological polar surface area (TPSA) is 69.6 Å². The highest BCUT2D eigenvalue weighted by molar-refractivity contribution is 9.10. The summed E-state index contributed by atoms with van der Waals surface area (Å²) in [5.74, 6) is -0.127. The van der Waals surface area contributed by atoms with Gasteiger partial charge in [0.2, 0.25) is 5.91 Å². The number of carbonyl (C=O) groups is 1. The van der Waals surface area contributed by atoms with Crippen LogP contribution < -0.4 is 5.32 Å². The van der Waals surface area contributed by atoms with Gasteiger partial charge in [0, 0.05) is 17.4 Å². The fraction of sp³-hybridized carbons (Fsp3) is 0.417. The summed E-state index contributed by atoms with van der Waals surface area (Å²) in [6, 6.07) is 7.78. The van der Waals surface area contributed by atoms with E-state index < -0.39 is 6.10 Å². The van der Waals surface area contributed by atoms with Crippen molar-refractivity contribution in [2.45, 2.75) is 18.9 Å². The largest absolute Gasteiger partial charge is 0.394 e. The molecule has 0 fully saturated rings. The molecule has 17 heavy (non-hydrogen) atoms. The maximum absolute atomic E-state index is 11.4. The van der Waals surface area contributed by atoms with Gasteiger partial charge in [-0.3, -0.25) is 4.79 Å². The molecule has 1 amide bonds. The van der Waals surface area contributed by atoms with Gasteiger partial charge in [-0.05, 0) is 24.1 Å². The molecule has 0 aliphatic carbocycles. The van der Waals surface area contributed by atoms with Gasteiger partial charge in [0.25, 0.3) is 0 Å². The zero-order valence-electron chi connectivity index (χ0n) is 9.40. The van der Waals surface area contributed by atoms with Gasteiger partial charge >= 0.3 is 0 Å². The number of halogens is 1. The SMILES string of the molecule is O=C(CCc1cccc(Br)c1)NCC(O)CO. The van der Waals surface area contributed by atoms with E-state index in [0.717, 1.165) is 10.0 Å². The number of rotatable bonds is 6. The van der Waals surface area contributed by atoms with E-state index in [4.69, 9.17) is 10.2 Å². The molecule has 0 aliphatic rings. The fourth-order valence-electron chi connectivity index (χ4n) is 1.33. The van der Waals surface area contributed by atoms with Gasteiger partial charge in [0.1, 0.15) is 0 Å². The minimum absolute atomic E-state index is 0.0911. The highest BCUT2D eigenvalue weighted by Crippen LogP contribution is 2.12. The third-order valence-corrected chi connectivity index (χ3v) is 2.77. The van der Waals surface area contributed by atoms with Crippen molar-refractivity contribution >= 4 is 21.8 Å². The highest BCUT2D eigenvalue weighted by atomic mass is 79.9. The van der Waals surface area contributed by atoms with Gasteiger partial charge < -0.3 is 15.5 Å². The smallest absolute Gasteiger partial charge is 0.220 e. The van der Waals surface area contributed by atoms with E-state index in [0.29, 0.717) is 12.8 Å². The Kier molecular flexibility index (Phi) is 6.18. The average Bonchev–Trinajstić information content (AvgIpc) is 2.33. The number of aliphatic hydroxyl groups is 2. The van der Waals surface area contributed by atoms with E-state index in [-0.39, 0.29) is 19.1 Å². The Morgan fingerprint density at radius 2 is 2.24 bits per heavy atom. The summed E-state index contributed by atoms with van der Waals surface area (Å²) >= 11 is 3.37. The normalized spacial score (nSPS) is 12.2. The molecule has 0 saturated carbocycles. The molecule has 0 aromatic heterocycles. The Morgan fingerprint density at radius 3 is 2.88 bits per heavy atom. The summed E-state index contributed by atoms with van der Waals surface area (Å²) in [7, 11) is 0. The maximum Gasteiger partial charge on any atom is 0.220 e. The maximum atomic E-state index is 11.4. The van der Waals surface area contributed by atoms with Crippen molar-refractivity contribution in [2.75, 3.05) is 13.2 Å². The molecule has 0 aliphatic heterocycles. The Hall–Kier alpha value is -0.910. The Labute approximate surface area is 109 Å². The van der Waals surface area contributed by atoms with Crippen LogP contribution >= 0.6 is 15.9 Å². The van der Waals surface area contributed by atoms with E-state index in [1.165, 1.54) is 0 Å². The summed E-state index contributed by atoms with van der Waals surface area (Å²) < 4.78 is 0.992. The molecule has 0 bridgehead atoms. The zero-order chi connectivity index (χ0) is 12.7. The summed E-state index contributed by atoms with van der Waals surface area (Å²) in [4.78, 5) is 11.4. The minimum Gasteiger partial charge on any atom is -0.394 e. The first kappa shape index (κ1) is 14.2. The van der Waals surface area contributed by atoms with E-state index in [9.17, 15) is 4.79 Å². The number of benzene rings is 1. The summed E-state index contributed by atoms with van der Waals surface area (Å²) in [6.45, 7) is -0.250. The Bertz CT molecular complexity index is 371. The molecule has 1 aromatic carbocycles. The lowest BCUT2D eigenvalue weighted by Gasteiger charge is -2.08. The van der Waals surface area contributed by atoms with Gasteiger partial charge in [-0.25, -0.2) is 0 Å². The monoisotopic (exact) mass is 301 g/mol. The molecular formula is C12H16BrNO3. The van der Waals surface area contributed by atoms with Crippen molar-refractivity contribution in [1.29, 1.82) is 0 Å². The third-order valence-electron chi connectivity index (χ3n) is 2.28. The van der Waals surface area contributed by atoms with Crippen LogP contribution in [0.4, 0.5) is 0 Å². The molecule has 0 radical (unpaired) electrons. The number of carbonyl (C=O) groups excluding carboxylic acids is 1. The summed E-state index contributed by atoms with van der Waals surface area (Å²) in [5.41, 5.74) is 1.08. The molecule has 0 saturated heterocycles. The quantitative estimate of drug-likeness (QED) is 0.730. The lowest BCUT2D eigenvalue weighted by molar-refractivity contribution is -0.121. The van der Waals surface area contributed by atoms with Crippen LogP contribution in [0.1, 0.15) is 12.0 Å². The van der Waals surface area contributed by atoms with Crippen molar-refractivity contribution in [3.05, 3.63) is 34.3 Å². The van der Waals surface area contributed by atoms with Crippen LogP contribution in [-0.2, 0) is 11.2 Å². The average molecular weight is 302 g/mol. The zero-order valence-corrected chi connectivity index (χ0v) is 11.0. The number of amides is 1. The second-order valence-electron chi connectivity index (χ2n) is 3.77. The highest BCUT2D eigenvalue weighted by Gasteiger charge is 2.06. The van der Waals surface area contributed by atoms with Crippen molar-refractivity contribution in [3.8, 4) is 0 Å². The first-order chi connectivity index (χ1) is 8.11. The lowest BCUT2D eigenvalue weighted by Crippen LogP contribution is -2.33. The third kappa shape index (κ3) is 5.81. The first-order valence-corrected chi connectivity index (χ1v) is 6.21. The Morgan fingerprint density at radius 1 is 1.47 bits per heavy atom. The predicted molar refractivity (Wildman–Crippen MR) is 68.6 cm³/mol. The van der Waals surface area contributed by atoms with Crippen LogP contribution in [0.25, 0.3) is 0 Å². The minimum atomic E-state index is -0.884. The van der Waals surface area contributed by atoms with Crippen LogP contribution in [0.15, 0.2) is 28.7 Å². The number of hydrogen-bond acceptors (Lipinski definition) is 3. The van der Waals surface area contributed by atoms with Gasteiger partial charge in [0.15, 0.2) is 0 Å². The molecule has 0 heterocycles. The standard InChI is InChI=1S/C12H16BrNO3/c13-10-3-1-2-9(6-10)4-5-12(17)14-7-11(16)8-15/h1-3,6,11,15-16H,4-5,7-8H2,(H,14,17). The first-order valence-electron chi connectivity index (χ1n) is 5.42. The van der Waals surface area contributed by atoms with Crippen molar-refractivity contribution in [1.82, 2.24) is 5.32 Å². The second-order valence-corrected chi connectivity index (χ2v) is 4.69. The number of nitrogens with one attached hydrogen (secondary N) is 1. The molecule has 1 atom stereocenters. The summed E-state index contributed by atoms with van der Waals surface area (Å²) in [5, 5.41) is 20.2. The van der Waals surface area contributed by atoms with E-state index in [1.807, 2.05) is 24.3 Å². The van der Waals surface area contributed by atoms with Crippen molar-refractivity contribution in [3.63, 3.8) is 0 Å². The van der Waals surface area contributed by atoms with E-state index >= 15 is 0 Å². The summed E-state index contributed by atoms with van der Waals surface area (Å²) in [6.07, 6.45) is 0.138. The van der Waals surface area contributed by atoms with Crippen LogP contribution in [0, 0.1) is 0 Å². The molecular weight excluding hydrogens is 286 g/mol. The number of hydrogen-bond donors (Lipinski definition) is 3. The molecule has 1 unspecified atom stereocenters. The van der Waals surface area contributed by atoms with Crippen LogP contribution in [0.5, 0.6) is 0 Å². The molecule has 1 aromatic rings. The van der Waals surface area contributed by atoms with Crippen molar-refractivity contribution in [2.24, 2.45) is 0 Å². The van der Waals surface area contributed by atoms with Gasteiger partial charge in [-0.15, -0.1) is 0 Å². The Balaban J connectivity index is 2.28. The van der Waals surface area contributed by atoms with E-state index in [2.05, 4.69) is 21.2 Å². The fourth-order valence-corrected chi connectivity index (χ4v) is 1.78. The lowest BCUT2D eigenvalue weighted by atomic mass is 10.1.